The van der Waals surface area contributed by atoms with Crippen molar-refractivity contribution in [2.24, 2.45) is 0 Å². The maximum absolute atomic E-state index is 11.2. The lowest BCUT2D eigenvalue weighted by Crippen LogP contribution is -2.46. The fraction of sp³-hybridized carbons (Fsp3) is 0.923. The minimum absolute atomic E-state index is 0.397. The van der Waals surface area contributed by atoms with E-state index in [1.165, 1.54) is 32.5 Å². The molecule has 0 N–H and O–H groups in total. The Hall–Kier alpha value is -0.410. The Morgan fingerprint density at radius 3 is 2.06 bits per heavy atom. The molecule has 0 amide bonds. The van der Waals surface area contributed by atoms with Crippen LogP contribution in [0.5, 0.6) is 0 Å². The van der Waals surface area contributed by atoms with Gasteiger partial charge in [-0.05, 0) is 13.0 Å². The molecule has 0 unspecified atom stereocenters. The number of Topliss-reactive ketones (excluding diaryl/α,β-unsaturated/α-hetero) is 1. The van der Waals surface area contributed by atoms with E-state index >= 15 is 0 Å². The fourth-order valence-electron chi connectivity index (χ4n) is 2.08. The second-order valence-electron chi connectivity index (χ2n) is 4.68. The quantitative estimate of drug-likeness (QED) is 0.661. The van der Waals surface area contributed by atoms with E-state index in [-0.39, 0.29) is 0 Å². The molecular weight excluding hydrogens is 200 g/mol. The number of rotatable bonds is 7. The standard InChI is InChI=1S/C13H26N2O/c1-3-5-7-14-9-11-15(12-10-14)8-6-13(16)4-2/h3-12H2,1-2H3. The van der Waals surface area contributed by atoms with Gasteiger partial charge in [-0.3, -0.25) is 4.79 Å². The summed E-state index contributed by atoms with van der Waals surface area (Å²) in [5.74, 6) is 0.397. The summed E-state index contributed by atoms with van der Waals surface area (Å²) < 4.78 is 0. The lowest BCUT2D eigenvalue weighted by atomic mass is 10.2. The summed E-state index contributed by atoms with van der Waals surface area (Å²) in [6.07, 6.45) is 4.03. The third-order valence-electron chi connectivity index (χ3n) is 3.39. The molecule has 1 heterocycles. The van der Waals surface area contributed by atoms with Crippen molar-refractivity contribution in [3.05, 3.63) is 0 Å². The summed E-state index contributed by atoms with van der Waals surface area (Å²) in [7, 11) is 0. The first-order valence-corrected chi connectivity index (χ1v) is 6.72. The van der Waals surface area contributed by atoms with Crippen LogP contribution in [-0.4, -0.2) is 54.9 Å². The molecule has 0 bridgehead atoms. The van der Waals surface area contributed by atoms with Crippen LogP contribution >= 0.6 is 0 Å². The minimum atomic E-state index is 0.397. The Morgan fingerprint density at radius 1 is 1.00 bits per heavy atom. The van der Waals surface area contributed by atoms with Crippen LogP contribution in [0.4, 0.5) is 0 Å². The van der Waals surface area contributed by atoms with Crippen molar-refractivity contribution in [1.29, 1.82) is 0 Å². The maximum Gasteiger partial charge on any atom is 0.133 e. The van der Waals surface area contributed by atoms with Crippen LogP contribution in [0.1, 0.15) is 39.5 Å². The highest BCUT2D eigenvalue weighted by atomic mass is 16.1. The van der Waals surface area contributed by atoms with Gasteiger partial charge in [0.2, 0.25) is 0 Å². The smallest absolute Gasteiger partial charge is 0.133 e. The summed E-state index contributed by atoms with van der Waals surface area (Å²) in [5, 5.41) is 0. The number of nitrogens with zero attached hydrogens (tertiary/aromatic N) is 2. The molecule has 1 rings (SSSR count). The van der Waals surface area contributed by atoms with Crippen molar-refractivity contribution in [2.45, 2.75) is 39.5 Å². The summed E-state index contributed by atoms with van der Waals surface area (Å²) in [6.45, 7) is 11.0. The van der Waals surface area contributed by atoms with E-state index in [0.717, 1.165) is 26.1 Å². The van der Waals surface area contributed by atoms with Crippen LogP contribution in [0.3, 0.4) is 0 Å². The van der Waals surface area contributed by atoms with E-state index in [9.17, 15) is 4.79 Å². The number of carbonyl (C=O) groups is 1. The molecule has 0 spiro atoms. The van der Waals surface area contributed by atoms with Crippen molar-refractivity contribution in [3.63, 3.8) is 0 Å². The minimum Gasteiger partial charge on any atom is -0.301 e. The lowest BCUT2D eigenvalue weighted by molar-refractivity contribution is -0.119. The van der Waals surface area contributed by atoms with Crippen LogP contribution in [0.2, 0.25) is 0 Å². The monoisotopic (exact) mass is 226 g/mol. The van der Waals surface area contributed by atoms with Gasteiger partial charge in [0, 0.05) is 45.6 Å². The number of hydrogen-bond acceptors (Lipinski definition) is 3. The van der Waals surface area contributed by atoms with E-state index in [1.54, 1.807) is 0 Å². The number of ketones is 1. The van der Waals surface area contributed by atoms with E-state index < -0.39 is 0 Å². The van der Waals surface area contributed by atoms with Gasteiger partial charge >= 0.3 is 0 Å². The van der Waals surface area contributed by atoms with Crippen LogP contribution in [0.25, 0.3) is 0 Å². The zero-order valence-corrected chi connectivity index (χ0v) is 10.9. The molecule has 1 aliphatic heterocycles. The Labute approximate surface area is 99.8 Å². The van der Waals surface area contributed by atoms with E-state index in [1.807, 2.05) is 6.92 Å². The Morgan fingerprint density at radius 2 is 1.56 bits per heavy atom. The summed E-state index contributed by atoms with van der Waals surface area (Å²) >= 11 is 0. The number of piperazine rings is 1. The largest absolute Gasteiger partial charge is 0.301 e. The third kappa shape index (κ3) is 5.08. The van der Waals surface area contributed by atoms with Crippen LogP contribution < -0.4 is 0 Å². The highest BCUT2D eigenvalue weighted by Gasteiger charge is 2.16. The average molecular weight is 226 g/mol. The molecule has 1 aliphatic rings. The van der Waals surface area contributed by atoms with Gasteiger partial charge in [0.25, 0.3) is 0 Å². The molecule has 0 aromatic heterocycles. The number of carbonyl (C=O) groups excluding carboxylic acids is 1. The van der Waals surface area contributed by atoms with E-state index in [0.29, 0.717) is 12.2 Å². The fourth-order valence-corrected chi connectivity index (χ4v) is 2.08. The molecule has 3 heteroatoms. The van der Waals surface area contributed by atoms with Crippen molar-refractivity contribution < 1.29 is 4.79 Å². The molecule has 16 heavy (non-hydrogen) atoms. The first kappa shape index (κ1) is 13.7. The van der Waals surface area contributed by atoms with Crippen molar-refractivity contribution in [2.75, 3.05) is 39.3 Å². The van der Waals surface area contributed by atoms with E-state index in [2.05, 4.69) is 16.7 Å². The van der Waals surface area contributed by atoms with Crippen molar-refractivity contribution in [3.8, 4) is 0 Å². The van der Waals surface area contributed by atoms with Gasteiger partial charge in [0.1, 0.15) is 5.78 Å². The zero-order valence-electron chi connectivity index (χ0n) is 10.9. The van der Waals surface area contributed by atoms with Gasteiger partial charge in [-0.2, -0.15) is 0 Å². The molecule has 1 fully saturated rings. The molecule has 1 saturated heterocycles. The lowest BCUT2D eigenvalue weighted by Gasteiger charge is -2.34. The van der Waals surface area contributed by atoms with Gasteiger partial charge in [0.05, 0.1) is 0 Å². The average Bonchev–Trinajstić information content (AvgIpc) is 2.34. The zero-order chi connectivity index (χ0) is 11.8. The van der Waals surface area contributed by atoms with Gasteiger partial charge < -0.3 is 9.80 Å². The van der Waals surface area contributed by atoms with Crippen LogP contribution in [0.15, 0.2) is 0 Å². The summed E-state index contributed by atoms with van der Waals surface area (Å²) in [5.41, 5.74) is 0. The second kappa shape index (κ2) is 7.80. The molecule has 0 atom stereocenters. The van der Waals surface area contributed by atoms with Crippen molar-refractivity contribution >= 4 is 5.78 Å². The molecule has 0 aromatic carbocycles. The Kier molecular flexibility index (Phi) is 6.65. The van der Waals surface area contributed by atoms with Gasteiger partial charge in [-0.1, -0.05) is 20.3 Å². The van der Waals surface area contributed by atoms with Gasteiger partial charge in [-0.25, -0.2) is 0 Å². The normalized spacial score (nSPS) is 18.9. The Balaban J connectivity index is 2.09. The summed E-state index contributed by atoms with van der Waals surface area (Å²) in [6, 6.07) is 0. The van der Waals surface area contributed by atoms with Gasteiger partial charge in [0.15, 0.2) is 0 Å². The van der Waals surface area contributed by atoms with Gasteiger partial charge in [-0.15, -0.1) is 0 Å². The molecule has 0 aliphatic carbocycles. The van der Waals surface area contributed by atoms with Crippen LogP contribution in [-0.2, 0) is 4.79 Å². The third-order valence-corrected chi connectivity index (χ3v) is 3.39. The Bertz CT molecular complexity index is 198. The molecule has 0 aromatic rings. The molecule has 94 valence electrons. The second-order valence-corrected chi connectivity index (χ2v) is 4.68. The van der Waals surface area contributed by atoms with E-state index in [4.69, 9.17) is 0 Å². The topological polar surface area (TPSA) is 23.6 Å². The maximum atomic E-state index is 11.2. The first-order chi connectivity index (χ1) is 7.76. The molecule has 0 radical (unpaired) electrons. The SMILES string of the molecule is CCCCN1CCN(CCC(=O)CC)CC1. The molecule has 0 saturated carbocycles. The highest BCUT2D eigenvalue weighted by Crippen LogP contribution is 2.04. The number of unbranched alkanes of at least 4 members (excludes halogenated alkanes) is 1. The predicted octanol–water partition coefficient (Wildman–Crippen LogP) is 1.77. The summed E-state index contributed by atoms with van der Waals surface area (Å²) in [4.78, 5) is 16.2. The predicted molar refractivity (Wildman–Crippen MR) is 67.7 cm³/mol. The molecule has 3 nitrogen and oxygen atoms in total. The highest BCUT2D eigenvalue weighted by molar-refractivity contribution is 5.78. The first-order valence-electron chi connectivity index (χ1n) is 6.72. The number of hydrogen-bond donors (Lipinski definition) is 0. The van der Waals surface area contributed by atoms with Crippen molar-refractivity contribution in [1.82, 2.24) is 9.80 Å². The molecular formula is C13H26N2O. The van der Waals surface area contributed by atoms with Crippen LogP contribution in [0, 0.1) is 0 Å².